The van der Waals surface area contributed by atoms with Gasteiger partial charge in [0.15, 0.2) is 0 Å². The van der Waals surface area contributed by atoms with Gasteiger partial charge in [0.2, 0.25) is 5.91 Å². The molecule has 4 nitrogen and oxygen atoms in total. The van der Waals surface area contributed by atoms with E-state index < -0.39 is 17.8 Å². The average Bonchev–Trinajstić information content (AvgIpc) is 3.30. The summed E-state index contributed by atoms with van der Waals surface area (Å²) in [5, 5.41) is 12.3. The first kappa shape index (κ1) is 13.5. The second kappa shape index (κ2) is 4.66. The van der Waals surface area contributed by atoms with Crippen LogP contribution >= 0.6 is 0 Å². The second-order valence-corrected chi connectivity index (χ2v) is 6.49. The van der Waals surface area contributed by atoms with Gasteiger partial charge in [0, 0.05) is 5.69 Å². The molecular formula is C17H16FNO3. The van der Waals surface area contributed by atoms with Crippen molar-refractivity contribution in [3.63, 3.8) is 0 Å². The van der Waals surface area contributed by atoms with Gasteiger partial charge in [-0.2, -0.15) is 0 Å². The van der Waals surface area contributed by atoms with Gasteiger partial charge >= 0.3 is 5.97 Å². The molecule has 2 bridgehead atoms. The van der Waals surface area contributed by atoms with Crippen molar-refractivity contribution in [3.8, 4) is 0 Å². The van der Waals surface area contributed by atoms with E-state index in [4.69, 9.17) is 0 Å². The van der Waals surface area contributed by atoms with Crippen LogP contribution in [0.4, 0.5) is 10.1 Å². The van der Waals surface area contributed by atoms with Crippen LogP contribution in [-0.2, 0) is 9.59 Å². The topological polar surface area (TPSA) is 66.4 Å². The highest BCUT2D eigenvalue weighted by Crippen LogP contribution is 2.63. The lowest BCUT2D eigenvalue weighted by Gasteiger charge is -2.41. The lowest BCUT2D eigenvalue weighted by molar-refractivity contribution is -0.152. The maximum absolute atomic E-state index is 12.9. The van der Waals surface area contributed by atoms with Crippen LogP contribution in [0.25, 0.3) is 0 Å². The minimum absolute atomic E-state index is 0.0107. The number of anilines is 1. The minimum atomic E-state index is -0.899. The smallest absolute Gasteiger partial charge is 0.307 e. The predicted molar refractivity (Wildman–Crippen MR) is 77.4 cm³/mol. The Bertz CT molecular complexity index is 669. The SMILES string of the molecule is O=C(Nc1ccc(F)cc1)[C@@H]1[C@H]2C=C[C@H]([C@H]3C[C@H]23)[C@@H]1C(=O)O. The summed E-state index contributed by atoms with van der Waals surface area (Å²) in [5.41, 5.74) is 0.494. The summed E-state index contributed by atoms with van der Waals surface area (Å²) in [6.07, 6.45) is 5.03. The van der Waals surface area contributed by atoms with Gasteiger partial charge in [-0.25, -0.2) is 4.39 Å². The number of amides is 1. The van der Waals surface area contributed by atoms with Crippen LogP contribution in [0.1, 0.15) is 6.42 Å². The molecule has 4 aliphatic carbocycles. The van der Waals surface area contributed by atoms with E-state index >= 15 is 0 Å². The molecule has 0 heterocycles. The highest BCUT2D eigenvalue weighted by atomic mass is 19.1. The van der Waals surface area contributed by atoms with Gasteiger partial charge in [0.1, 0.15) is 5.82 Å². The number of hydrogen-bond donors (Lipinski definition) is 2. The Morgan fingerprint density at radius 1 is 1.05 bits per heavy atom. The molecule has 2 fully saturated rings. The number of aliphatic carboxylic acids is 1. The number of rotatable bonds is 3. The monoisotopic (exact) mass is 301 g/mol. The number of halogens is 1. The van der Waals surface area contributed by atoms with Crippen LogP contribution in [0.15, 0.2) is 36.4 Å². The fourth-order valence-corrected chi connectivity index (χ4v) is 4.33. The summed E-state index contributed by atoms with van der Waals surface area (Å²) in [4.78, 5) is 24.3. The van der Waals surface area contributed by atoms with Crippen LogP contribution in [0.3, 0.4) is 0 Å². The van der Waals surface area contributed by atoms with E-state index in [9.17, 15) is 19.1 Å². The summed E-state index contributed by atoms with van der Waals surface area (Å²) < 4.78 is 12.9. The first-order valence-corrected chi connectivity index (χ1v) is 7.54. The van der Waals surface area contributed by atoms with E-state index in [0.29, 0.717) is 17.5 Å². The molecule has 114 valence electrons. The Hall–Kier alpha value is -2.17. The molecule has 22 heavy (non-hydrogen) atoms. The average molecular weight is 301 g/mol. The van der Waals surface area contributed by atoms with Crippen molar-refractivity contribution in [2.24, 2.45) is 35.5 Å². The highest BCUT2D eigenvalue weighted by molar-refractivity contribution is 5.96. The molecule has 0 aromatic heterocycles. The molecule has 6 atom stereocenters. The van der Waals surface area contributed by atoms with Crippen molar-refractivity contribution in [3.05, 3.63) is 42.2 Å². The number of fused-ring (bicyclic) bond motifs is 1. The van der Waals surface area contributed by atoms with Crippen molar-refractivity contribution in [2.75, 3.05) is 5.32 Å². The predicted octanol–water partition coefficient (Wildman–Crippen LogP) is 2.53. The zero-order chi connectivity index (χ0) is 15.4. The summed E-state index contributed by atoms with van der Waals surface area (Å²) in [7, 11) is 0. The van der Waals surface area contributed by atoms with Crippen LogP contribution in [0, 0.1) is 41.3 Å². The van der Waals surface area contributed by atoms with E-state index in [-0.39, 0.29) is 23.6 Å². The standard InChI is InChI=1S/C17H16FNO3/c18-8-1-3-9(4-2-8)19-16(20)14-10-5-6-11(13-7-12(10)13)15(14)17(21)22/h1-6,10-15H,7H2,(H,19,20)(H,21,22)/t10-,11+,12+,13+,14+,15-/m0/s1. The Labute approximate surface area is 127 Å². The second-order valence-electron chi connectivity index (χ2n) is 6.49. The summed E-state index contributed by atoms with van der Waals surface area (Å²) in [6, 6.07) is 5.52. The number of benzene rings is 1. The first-order valence-electron chi connectivity index (χ1n) is 7.54. The van der Waals surface area contributed by atoms with Crippen molar-refractivity contribution < 1.29 is 19.1 Å². The third-order valence-electron chi connectivity index (χ3n) is 5.35. The molecule has 2 N–H and O–H groups in total. The molecule has 2 saturated carbocycles. The molecule has 5 heteroatoms. The van der Waals surface area contributed by atoms with Gasteiger partial charge in [-0.3, -0.25) is 9.59 Å². The maximum atomic E-state index is 12.9. The zero-order valence-corrected chi connectivity index (χ0v) is 11.8. The van der Waals surface area contributed by atoms with Gasteiger partial charge in [-0.05, 0) is 54.4 Å². The Morgan fingerprint density at radius 3 is 2.23 bits per heavy atom. The number of carbonyl (C=O) groups excluding carboxylic acids is 1. The molecule has 1 aromatic carbocycles. The van der Waals surface area contributed by atoms with Crippen molar-refractivity contribution in [2.45, 2.75) is 6.42 Å². The van der Waals surface area contributed by atoms with E-state index in [1.165, 1.54) is 24.3 Å². The summed E-state index contributed by atoms with van der Waals surface area (Å²) in [6.45, 7) is 0. The lowest BCUT2D eigenvalue weighted by atomic mass is 9.62. The van der Waals surface area contributed by atoms with Gasteiger partial charge in [-0.1, -0.05) is 12.2 Å². The van der Waals surface area contributed by atoms with Gasteiger partial charge in [0.25, 0.3) is 0 Å². The van der Waals surface area contributed by atoms with Crippen LogP contribution in [0.2, 0.25) is 0 Å². The molecular weight excluding hydrogens is 285 g/mol. The third-order valence-corrected chi connectivity index (χ3v) is 5.35. The van der Waals surface area contributed by atoms with Gasteiger partial charge < -0.3 is 10.4 Å². The van der Waals surface area contributed by atoms with Crippen LogP contribution in [-0.4, -0.2) is 17.0 Å². The molecule has 1 amide bonds. The number of hydrogen-bond acceptors (Lipinski definition) is 2. The molecule has 1 aromatic rings. The number of carboxylic acid groups (broad SMARTS) is 1. The van der Waals surface area contributed by atoms with Crippen molar-refractivity contribution in [1.82, 2.24) is 0 Å². The molecule has 0 spiro atoms. The highest BCUT2D eigenvalue weighted by Gasteiger charge is 2.62. The van der Waals surface area contributed by atoms with Crippen LogP contribution < -0.4 is 5.32 Å². The third kappa shape index (κ3) is 1.95. The van der Waals surface area contributed by atoms with Gasteiger partial charge in [-0.15, -0.1) is 0 Å². The molecule has 0 unspecified atom stereocenters. The molecule has 0 saturated heterocycles. The maximum Gasteiger partial charge on any atom is 0.307 e. The number of nitrogens with one attached hydrogen (secondary N) is 1. The molecule has 0 aliphatic heterocycles. The Kier molecular flexibility index (Phi) is 2.86. The zero-order valence-electron chi connectivity index (χ0n) is 11.8. The Morgan fingerprint density at radius 2 is 1.64 bits per heavy atom. The molecule has 4 aliphatic rings. The summed E-state index contributed by atoms with van der Waals surface area (Å²) in [5.74, 6) is -1.87. The van der Waals surface area contributed by atoms with E-state index in [2.05, 4.69) is 5.32 Å². The minimum Gasteiger partial charge on any atom is -0.481 e. The quantitative estimate of drug-likeness (QED) is 0.843. The normalized spacial score (nSPS) is 37.5. The van der Waals surface area contributed by atoms with E-state index in [1.54, 1.807) is 0 Å². The number of allylic oxidation sites excluding steroid dienone is 2. The van der Waals surface area contributed by atoms with Crippen LogP contribution in [0.5, 0.6) is 0 Å². The number of carbonyl (C=O) groups is 2. The fourth-order valence-electron chi connectivity index (χ4n) is 4.33. The first-order chi connectivity index (χ1) is 10.6. The van der Waals surface area contributed by atoms with E-state index in [0.717, 1.165) is 6.42 Å². The molecule has 5 rings (SSSR count). The molecule has 0 radical (unpaired) electrons. The largest absolute Gasteiger partial charge is 0.481 e. The summed E-state index contributed by atoms with van der Waals surface area (Å²) >= 11 is 0. The van der Waals surface area contributed by atoms with Gasteiger partial charge in [0.05, 0.1) is 11.8 Å². The van der Waals surface area contributed by atoms with Crippen molar-refractivity contribution in [1.29, 1.82) is 0 Å². The Balaban J connectivity index is 1.60. The fraction of sp³-hybridized carbons (Fsp3) is 0.412. The van der Waals surface area contributed by atoms with E-state index in [1.807, 2.05) is 12.2 Å². The van der Waals surface area contributed by atoms with Crippen molar-refractivity contribution >= 4 is 17.6 Å². The number of carboxylic acids is 1. The lowest BCUT2D eigenvalue weighted by Crippen LogP contribution is -2.48.